The van der Waals surface area contributed by atoms with Gasteiger partial charge in [-0.25, -0.2) is 15.0 Å². The Hall–Kier alpha value is -5.23. The van der Waals surface area contributed by atoms with Crippen LogP contribution in [0, 0.1) is 11.8 Å². The molecule has 3 aliphatic rings. The normalized spacial score (nSPS) is 21.4. The van der Waals surface area contributed by atoms with Crippen LogP contribution in [0.25, 0.3) is 11.1 Å². The van der Waals surface area contributed by atoms with Crippen molar-refractivity contribution in [1.82, 2.24) is 26.3 Å². The van der Waals surface area contributed by atoms with Crippen LogP contribution >= 0.6 is 0 Å². The summed E-state index contributed by atoms with van der Waals surface area (Å²) in [6.07, 6.45) is 4.73. The van der Waals surface area contributed by atoms with Crippen LogP contribution in [-0.4, -0.2) is 80.0 Å². The molecule has 12 nitrogen and oxygen atoms in total. The lowest BCUT2D eigenvalue weighted by atomic mass is 9.81. The number of benzene rings is 3. The molecule has 6 rings (SSSR count). The zero-order valence-electron chi connectivity index (χ0n) is 30.5. The van der Waals surface area contributed by atoms with E-state index in [-0.39, 0.29) is 42.9 Å². The summed E-state index contributed by atoms with van der Waals surface area (Å²) in [4.78, 5) is 53.4. The molecule has 3 aromatic carbocycles. The third kappa shape index (κ3) is 9.42. The second-order valence-electron chi connectivity index (χ2n) is 14.1. The summed E-state index contributed by atoms with van der Waals surface area (Å²) < 4.78 is 12.2. The number of amides is 5. The van der Waals surface area contributed by atoms with Gasteiger partial charge in [0.25, 0.3) is 0 Å². The van der Waals surface area contributed by atoms with Crippen molar-refractivity contribution in [3.05, 3.63) is 95.6 Å². The topological polar surface area (TPSA) is 150 Å². The van der Waals surface area contributed by atoms with Crippen molar-refractivity contribution in [2.24, 2.45) is 16.9 Å². The average Bonchev–Trinajstić information content (AvgIpc) is 3.78. The highest BCUT2D eigenvalue weighted by Crippen LogP contribution is 2.44. The van der Waals surface area contributed by atoms with Gasteiger partial charge < -0.3 is 25.4 Å². The number of nitrogens with zero attached hydrogens (tertiary/aromatic N) is 2. The quantitative estimate of drug-likeness (QED) is 0.139. The molecule has 1 saturated heterocycles. The molecule has 1 heterocycles. The predicted octanol–water partition coefficient (Wildman–Crippen LogP) is 5.33. The van der Waals surface area contributed by atoms with E-state index in [0.29, 0.717) is 31.9 Å². The van der Waals surface area contributed by atoms with Crippen LogP contribution in [-0.2, 0) is 25.7 Å². The number of carbonyl (C=O) groups is 4. The van der Waals surface area contributed by atoms with Crippen molar-refractivity contribution >= 4 is 30.2 Å². The van der Waals surface area contributed by atoms with Crippen LogP contribution in [0.15, 0.2) is 84.0 Å². The second-order valence-corrected chi connectivity index (χ2v) is 14.1. The van der Waals surface area contributed by atoms with E-state index in [1.54, 1.807) is 7.05 Å². The summed E-state index contributed by atoms with van der Waals surface area (Å²) in [7, 11) is 1.66. The van der Waals surface area contributed by atoms with Gasteiger partial charge in [0.1, 0.15) is 12.6 Å². The molecule has 1 saturated carbocycles. The standard InChI is InChI=1S/C41H50N6O6/c1-3-30(23-44-46-40(50)43-22-27-17-19-29(20-18-27)38(48)42-2)45-39(49)37-21-31(52-25-28-11-5-4-6-12-28)24-47(37)41(51)53-26-36-34-15-9-7-13-32(34)33-14-8-10-16-35(33)36/h4-16,23,27,29-31,36-37H,3,17-22,24-26H2,1-2H3,(H,42,48)(H,45,49)(H2,43,46,50)/b44-23+/t27?,29?,30-,31-,37-/m0/s1. The molecule has 1 aliphatic heterocycles. The number of fused-ring (bicyclic) bond motifs is 3. The summed E-state index contributed by atoms with van der Waals surface area (Å²) in [5.41, 5.74) is 7.98. The van der Waals surface area contributed by atoms with Gasteiger partial charge in [-0.1, -0.05) is 85.8 Å². The lowest BCUT2D eigenvalue weighted by Crippen LogP contribution is -2.49. The summed E-state index contributed by atoms with van der Waals surface area (Å²) in [5, 5.41) is 12.6. The van der Waals surface area contributed by atoms with Crippen molar-refractivity contribution in [1.29, 1.82) is 0 Å². The molecule has 0 unspecified atom stereocenters. The SMILES string of the molecule is CC[C@@H](/C=N/NC(=O)NCC1CCC(C(=O)NC)CC1)NC(=O)[C@@H]1C[C@H](OCc2ccccc2)CN1C(=O)OCC1c2ccccc2-c2ccccc21. The first-order chi connectivity index (χ1) is 25.8. The van der Waals surface area contributed by atoms with E-state index in [4.69, 9.17) is 9.47 Å². The number of nitrogens with one attached hydrogen (secondary N) is 4. The van der Waals surface area contributed by atoms with E-state index in [9.17, 15) is 19.2 Å². The fourth-order valence-electron chi connectivity index (χ4n) is 7.65. The number of likely N-dealkylation sites (tertiary alicyclic amines) is 1. The Balaban J connectivity index is 1.04. The molecule has 280 valence electrons. The van der Waals surface area contributed by atoms with Gasteiger partial charge in [-0.3, -0.25) is 14.5 Å². The zero-order chi connectivity index (χ0) is 37.2. The van der Waals surface area contributed by atoms with Crippen LogP contribution in [0.5, 0.6) is 0 Å². The van der Waals surface area contributed by atoms with E-state index in [1.807, 2.05) is 61.5 Å². The highest BCUT2D eigenvalue weighted by molar-refractivity contribution is 5.89. The third-order valence-corrected chi connectivity index (χ3v) is 10.7. The minimum Gasteiger partial charge on any atom is -0.448 e. The molecule has 0 spiro atoms. The molecule has 3 aromatic rings. The smallest absolute Gasteiger partial charge is 0.410 e. The Kier molecular flexibility index (Phi) is 12.7. The van der Waals surface area contributed by atoms with Crippen molar-refractivity contribution < 1.29 is 28.7 Å². The van der Waals surface area contributed by atoms with Crippen LogP contribution in [0.2, 0.25) is 0 Å². The lowest BCUT2D eigenvalue weighted by molar-refractivity contribution is -0.126. The van der Waals surface area contributed by atoms with Gasteiger partial charge in [0, 0.05) is 38.1 Å². The second kappa shape index (κ2) is 18.0. The minimum absolute atomic E-state index is 0.0405. The summed E-state index contributed by atoms with van der Waals surface area (Å²) in [5.74, 6) is -0.0335. The van der Waals surface area contributed by atoms with Crippen molar-refractivity contribution in [3.8, 4) is 11.1 Å². The molecule has 0 radical (unpaired) electrons. The molecular weight excluding hydrogens is 672 g/mol. The van der Waals surface area contributed by atoms with E-state index >= 15 is 0 Å². The minimum atomic E-state index is -0.816. The maximum Gasteiger partial charge on any atom is 0.410 e. The fourth-order valence-corrected chi connectivity index (χ4v) is 7.65. The summed E-state index contributed by atoms with van der Waals surface area (Å²) in [6, 6.07) is 24.4. The van der Waals surface area contributed by atoms with Gasteiger partial charge in [0.15, 0.2) is 0 Å². The maximum absolute atomic E-state index is 13.8. The Morgan fingerprint density at radius 3 is 2.21 bits per heavy atom. The third-order valence-electron chi connectivity index (χ3n) is 10.7. The Bertz CT molecular complexity index is 1710. The van der Waals surface area contributed by atoms with Crippen molar-refractivity contribution in [3.63, 3.8) is 0 Å². The highest BCUT2D eigenvalue weighted by Gasteiger charge is 2.42. The van der Waals surface area contributed by atoms with E-state index < -0.39 is 24.2 Å². The van der Waals surface area contributed by atoms with Gasteiger partial charge in [-0.05, 0) is 65.8 Å². The molecule has 4 N–H and O–H groups in total. The van der Waals surface area contributed by atoms with Crippen molar-refractivity contribution in [2.75, 3.05) is 26.7 Å². The van der Waals surface area contributed by atoms with E-state index in [1.165, 1.54) is 11.1 Å². The first-order valence-corrected chi connectivity index (χ1v) is 18.7. The number of hydrogen-bond acceptors (Lipinski definition) is 7. The number of ether oxygens (including phenoxy) is 2. The number of rotatable bonds is 13. The molecule has 12 heteroatoms. The Labute approximate surface area is 311 Å². The Morgan fingerprint density at radius 2 is 1.55 bits per heavy atom. The Morgan fingerprint density at radius 1 is 0.887 bits per heavy atom. The van der Waals surface area contributed by atoms with Gasteiger partial charge in [0.05, 0.1) is 25.3 Å². The van der Waals surface area contributed by atoms with Crippen molar-refractivity contribution in [2.45, 2.75) is 76.2 Å². The number of urea groups is 1. The van der Waals surface area contributed by atoms with E-state index in [2.05, 4.69) is 50.7 Å². The molecule has 2 fully saturated rings. The van der Waals surface area contributed by atoms with Crippen LogP contribution < -0.4 is 21.4 Å². The maximum atomic E-state index is 13.8. The van der Waals surface area contributed by atoms with Gasteiger partial charge in [0.2, 0.25) is 11.8 Å². The zero-order valence-corrected chi connectivity index (χ0v) is 30.5. The van der Waals surface area contributed by atoms with E-state index in [0.717, 1.165) is 53.5 Å². The van der Waals surface area contributed by atoms with Crippen LogP contribution in [0.4, 0.5) is 9.59 Å². The summed E-state index contributed by atoms with van der Waals surface area (Å²) in [6.45, 7) is 3.10. The van der Waals surface area contributed by atoms with Gasteiger partial charge >= 0.3 is 12.1 Å². The average molecular weight is 723 g/mol. The fraction of sp³-hybridized carbons (Fsp3) is 0.439. The van der Waals surface area contributed by atoms with Crippen LogP contribution in [0.1, 0.15) is 68.1 Å². The summed E-state index contributed by atoms with van der Waals surface area (Å²) >= 11 is 0. The number of hydrazone groups is 1. The molecule has 5 amide bonds. The van der Waals surface area contributed by atoms with Gasteiger partial charge in [-0.2, -0.15) is 5.10 Å². The lowest BCUT2D eigenvalue weighted by Gasteiger charge is -2.27. The highest BCUT2D eigenvalue weighted by atomic mass is 16.6. The molecule has 2 aliphatic carbocycles. The first kappa shape index (κ1) is 37.5. The molecule has 53 heavy (non-hydrogen) atoms. The molecule has 3 atom stereocenters. The van der Waals surface area contributed by atoms with Crippen LogP contribution in [0.3, 0.4) is 0 Å². The number of hydrogen-bond donors (Lipinski definition) is 4. The molecular formula is C41H50N6O6. The molecule has 0 bridgehead atoms. The van der Waals surface area contributed by atoms with Gasteiger partial charge in [-0.15, -0.1) is 0 Å². The molecule has 0 aromatic heterocycles. The monoisotopic (exact) mass is 722 g/mol. The number of carbonyl (C=O) groups excluding carboxylic acids is 4. The predicted molar refractivity (Wildman–Crippen MR) is 202 cm³/mol. The largest absolute Gasteiger partial charge is 0.448 e. The first-order valence-electron chi connectivity index (χ1n) is 18.7.